The van der Waals surface area contributed by atoms with E-state index in [2.05, 4.69) is 23.7 Å². The van der Waals surface area contributed by atoms with Gasteiger partial charge >= 0.3 is 0 Å². The van der Waals surface area contributed by atoms with Crippen molar-refractivity contribution >= 4 is 20.0 Å². The van der Waals surface area contributed by atoms with Crippen LogP contribution < -0.4 is 0 Å². The Hall–Kier alpha value is -2.62. The fourth-order valence-electron chi connectivity index (χ4n) is 3.30. The second-order valence-electron chi connectivity index (χ2n) is 8.61. The molecule has 0 heterocycles. The fraction of sp³-hybridized carbons (Fsp3) is 0.429. The van der Waals surface area contributed by atoms with E-state index in [1.165, 1.54) is 8.61 Å². The summed E-state index contributed by atoms with van der Waals surface area (Å²) in [6.45, 7) is 8.60. The van der Waals surface area contributed by atoms with Crippen molar-refractivity contribution in [3.8, 4) is 23.7 Å². The maximum atomic E-state index is 13.1. The molecule has 0 spiro atoms. The van der Waals surface area contributed by atoms with Crippen molar-refractivity contribution < 1.29 is 16.8 Å². The number of sulfonamides is 2. The van der Waals surface area contributed by atoms with Crippen molar-refractivity contribution in [3.05, 3.63) is 59.7 Å². The van der Waals surface area contributed by atoms with Crippen LogP contribution in [0.15, 0.2) is 58.3 Å². The van der Waals surface area contributed by atoms with Crippen molar-refractivity contribution in [2.45, 2.75) is 63.2 Å². The minimum atomic E-state index is -3.66. The van der Waals surface area contributed by atoms with Crippen LogP contribution in [0.5, 0.6) is 0 Å². The van der Waals surface area contributed by atoms with E-state index in [1.54, 1.807) is 48.5 Å². The zero-order valence-electron chi connectivity index (χ0n) is 21.6. The molecule has 0 aliphatic carbocycles. The SMILES string of the molecule is CCCCN(CC#CC#CCN(CCCC)S(=O)(=O)c1ccc(C)cc1)S(=O)(=O)c1ccc(C)cc1. The van der Waals surface area contributed by atoms with Crippen LogP contribution in [0.1, 0.15) is 50.7 Å². The molecule has 2 aromatic rings. The summed E-state index contributed by atoms with van der Waals surface area (Å²) >= 11 is 0. The number of rotatable bonds is 12. The summed E-state index contributed by atoms with van der Waals surface area (Å²) < 4.78 is 55.0. The molecule has 194 valence electrons. The average molecular weight is 529 g/mol. The summed E-state index contributed by atoms with van der Waals surface area (Å²) in [7, 11) is -7.33. The molecule has 0 aromatic heterocycles. The first-order valence-electron chi connectivity index (χ1n) is 12.2. The maximum absolute atomic E-state index is 13.1. The van der Waals surface area contributed by atoms with Gasteiger partial charge in [-0.25, -0.2) is 16.8 Å². The lowest BCUT2D eigenvalue weighted by Gasteiger charge is -2.19. The van der Waals surface area contributed by atoms with Gasteiger partial charge in [0, 0.05) is 13.1 Å². The molecular formula is C28H36N2O4S2. The minimum Gasteiger partial charge on any atom is -0.207 e. The van der Waals surface area contributed by atoms with E-state index in [1.807, 2.05) is 27.7 Å². The van der Waals surface area contributed by atoms with E-state index in [4.69, 9.17) is 0 Å². The lowest BCUT2D eigenvalue weighted by Crippen LogP contribution is -2.32. The molecule has 0 radical (unpaired) electrons. The Balaban J connectivity index is 2.14. The van der Waals surface area contributed by atoms with Gasteiger partial charge in [0.15, 0.2) is 0 Å². The summed E-state index contributed by atoms with van der Waals surface area (Å²) in [6.07, 6.45) is 3.16. The average Bonchev–Trinajstić information content (AvgIpc) is 2.85. The zero-order chi connectivity index (χ0) is 26.6. The Kier molecular flexibility index (Phi) is 11.7. The Labute approximate surface area is 217 Å². The molecule has 0 unspecified atom stereocenters. The summed E-state index contributed by atoms with van der Waals surface area (Å²) in [5.41, 5.74) is 1.97. The third kappa shape index (κ3) is 8.50. The highest BCUT2D eigenvalue weighted by atomic mass is 32.2. The largest absolute Gasteiger partial charge is 0.243 e. The van der Waals surface area contributed by atoms with Gasteiger partial charge < -0.3 is 0 Å². The number of nitrogens with zero attached hydrogens (tertiary/aromatic N) is 2. The van der Waals surface area contributed by atoms with Gasteiger partial charge in [0.05, 0.1) is 22.9 Å². The number of hydrogen-bond donors (Lipinski definition) is 0. The van der Waals surface area contributed by atoms with Crippen LogP contribution in [0, 0.1) is 37.5 Å². The van der Waals surface area contributed by atoms with Gasteiger partial charge in [0.1, 0.15) is 0 Å². The zero-order valence-corrected chi connectivity index (χ0v) is 23.3. The molecule has 0 N–H and O–H groups in total. The Bertz CT molecular complexity index is 1200. The third-order valence-electron chi connectivity index (χ3n) is 5.59. The van der Waals surface area contributed by atoms with E-state index in [0.29, 0.717) is 13.1 Å². The van der Waals surface area contributed by atoms with Crippen LogP contribution in [0.25, 0.3) is 0 Å². The molecule has 2 rings (SSSR count). The van der Waals surface area contributed by atoms with Crippen molar-refractivity contribution in [1.29, 1.82) is 0 Å². The normalized spacial score (nSPS) is 11.6. The third-order valence-corrected chi connectivity index (χ3v) is 9.31. The van der Waals surface area contributed by atoms with Crippen LogP contribution >= 0.6 is 0 Å². The first kappa shape index (κ1) is 29.6. The smallest absolute Gasteiger partial charge is 0.207 e. The van der Waals surface area contributed by atoms with Crippen molar-refractivity contribution in [2.24, 2.45) is 0 Å². The molecule has 0 saturated heterocycles. The quantitative estimate of drug-likeness (QED) is 0.378. The van der Waals surface area contributed by atoms with Crippen molar-refractivity contribution in [2.75, 3.05) is 26.2 Å². The van der Waals surface area contributed by atoms with E-state index in [0.717, 1.165) is 36.8 Å². The summed E-state index contributed by atoms with van der Waals surface area (Å²) in [5, 5.41) is 0. The first-order valence-corrected chi connectivity index (χ1v) is 15.1. The summed E-state index contributed by atoms with van der Waals surface area (Å²) in [5.74, 6) is 11.1. The highest BCUT2D eigenvalue weighted by molar-refractivity contribution is 7.89. The summed E-state index contributed by atoms with van der Waals surface area (Å²) in [6, 6.07) is 13.5. The van der Waals surface area contributed by atoms with Crippen LogP contribution in [-0.4, -0.2) is 51.6 Å². The second-order valence-corrected chi connectivity index (χ2v) is 12.5. The van der Waals surface area contributed by atoms with Crippen molar-refractivity contribution in [3.63, 3.8) is 0 Å². The topological polar surface area (TPSA) is 74.8 Å². The molecule has 6 nitrogen and oxygen atoms in total. The molecule has 0 aliphatic heterocycles. The van der Waals surface area contributed by atoms with Crippen molar-refractivity contribution in [1.82, 2.24) is 8.61 Å². The van der Waals surface area contributed by atoms with E-state index in [-0.39, 0.29) is 22.9 Å². The van der Waals surface area contributed by atoms with Gasteiger partial charge in [-0.05, 0) is 62.8 Å². The molecule has 0 amide bonds. The van der Waals surface area contributed by atoms with Crippen LogP contribution in [0.2, 0.25) is 0 Å². The molecule has 36 heavy (non-hydrogen) atoms. The number of benzene rings is 2. The van der Waals surface area contributed by atoms with E-state index in [9.17, 15) is 16.8 Å². The molecule has 8 heteroatoms. The van der Waals surface area contributed by atoms with Gasteiger partial charge in [0.25, 0.3) is 0 Å². The lowest BCUT2D eigenvalue weighted by molar-refractivity contribution is 0.436. The molecule has 0 atom stereocenters. The van der Waals surface area contributed by atoms with Crippen LogP contribution in [0.3, 0.4) is 0 Å². The van der Waals surface area contributed by atoms with E-state index < -0.39 is 20.0 Å². The van der Waals surface area contributed by atoms with Gasteiger partial charge in [0.2, 0.25) is 20.0 Å². The van der Waals surface area contributed by atoms with E-state index >= 15 is 0 Å². The van der Waals surface area contributed by atoms with Crippen LogP contribution in [-0.2, 0) is 20.0 Å². The molecule has 0 aliphatic rings. The highest BCUT2D eigenvalue weighted by Crippen LogP contribution is 2.18. The van der Waals surface area contributed by atoms with Crippen LogP contribution in [0.4, 0.5) is 0 Å². The Morgan fingerprint density at radius 1 is 0.611 bits per heavy atom. The lowest BCUT2D eigenvalue weighted by atomic mass is 10.2. The molecule has 2 aromatic carbocycles. The first-order chi connectivity index (χ1) is 17.1. The number of unbranched alkanes of at least 4 members (excludes halogenated alkanes) is 2. The predicted octanol–water partition coefficient (Wildman–Crippen LogP) is 4.59. The molecular weight excluding hydrogens is 492 g/mol. The fourth-order valence-corrected chi connectivity index (χ4v) is 6.06. The Morgan fingerprint density at radius 3 is 1.25 bits per heavy atom. The van der Waals surface area contributed by atoms with Gasteiger partial charge in [-0.3, -0.25) is 0 Å². The van der Waals surface area contributed by atoms with Gasteiger partial charge in [-0.2, -0.15) is 8.61 Å². The Morgan fingerprint density at radius 2 is 0.944 bits per heavy atom. The maximum Gasteiger partial charge on any atom is 0.243 e. The second kappa shape index (κ2) is 14.2. The minimum absolute atomic E-state index is 0.0199. The van der Waals surface area contributed by atoms with Gasteiger partial charge in [-0.1, -0.05) is 73.9 Å². The predicted molar refractivity (Wildman–Crippen MR) is 145 cm³/mol. The molecule has 0 fully saturated rings. The van der Waals surface area contributed by atoms with Gasteiger partial charge in [-0.15, -0.1) is 0 Å². The number of aryl methyl sites for hydroxylation is 2. The molecule has 0 bridgehead atoms. The standard InChI is InChI=1S/C28H36N2O4S2/c1-5-7-21-29(35(31,32)27-17-13-25(3)14-18-27)23-11-9-10-12-24-30(22-8-6-2)36(33,34)28-19-15-26(4)16-20-28/h13-20H,5-8,21-24H2,1-4H3. The number of hydrogen-bond acceptors (Lipinski definition) is 4. The highest BCUT2D eigenvalue weighted by Gasteiger charge is 2.24. The molecule has 0 saturated carbocycles. The summed E-state index contributed by atoms with van der Waals surface area (Å²) in [4.78, 5) is 0.481. The monoisotopic (exact) mass is 528 g/mol.